The number of carbonyl (C=O) groups is 1. The zero-order valence-corrected chi connectivity index (χ0v) is 16.1. The lowest BCUT2D eigenvalue weighted by Crippen LogP contribution is -2.80. The van der Waals surface area contributed by atoms with Gasteiger partial charge in [-0.15, -0.1) is 0 Å². The SMILES string of the molecule is COc1ccc(C(=O)/C=C/Nc2ccc(S(=O)(=O)[NH+]=C(N)N)cc2)cc1OC. The first-order valence-corrected chi connectivity index (χ1v) is 9.45. The summed E-state index contributed by atoms with van der Waals surface area (Å²) in [6, 6.07) is 10.7. The summed E-state index contributed by atoms with van der Waals surface area (Å²) in [7, 11) is -0.816. The van der Waals surface area contributed by atoms with Gasteiger partial charge in [-0.2, -0.15) is 12.8 Å². The van der Waals surface area contributed by atoms with Crippen LogP contribution < -0.4 is 30.7 Å². The van der Waals surface area contributed by atoms with Crippen LogP contribution >= 0.6 is 0 Å². The van der Waals surface area contributed by atoms with Gasteiger partial charge in [0.2, 0.25) is 0 Å². The first-order chi connectivity index (χ1) is 13.3. The second-order valence-corrected chi connectivity index (χ2v) is 7.18. The highest BCUT2D eigenvalue weighted by atomic mass is 32.2. The first kappa shape index (κ1) is 20.8. The summed E-state index contributed by atoms with van der Waals surface area (Å²) in [4.78, 5) is 12.3. The van der Waals surface area contributed by atoms with E-state index in [4.69, 9.17) is 20.9 Å². The lowest BCUT2D eigenvalue weighted by Gasteiger charge is -2.08. The van der Waals surface area contributed by atoms with E-state index in [1.165, 1.54) is 50.8 Å². The molecule has 148 valence electrons. The summed E-state index contributed by atoms with van der Waals surface area (Å²) < 4.78 is 36.1. The minimum absolute atomic E-state index is 0.00293. The number of nitrogens with two attached hydrogens (primary N) is 2. The predicted octanol–water partition coefficient (Wildman–Crippen LogP) is -0.445. The number of allylic oxidation sites excluding steroid dienone is 1. The van der Waals surface area contributed by atoms with Crippen LogP contribution in [0.4, 0.5) is 5.69 Å². The molecule has 2 rings (SSSR count). The van der Waals surface area contributed by atoms with Crippen molar-refractivity contribution >= 4 is 27.5 Å². The topological polar surface area (TPSA) is 148 Å². The summed E-state index contributed by atoms with van der Waals surface area (Å²) in [6.07, 6.45) is 2.80. The summed E-state index contributed by atoms with van der Waals surface area (Å²) in [5.74, 6) is 0.319. The van der Waals surface area contributed by atoms with E-state index in [-0.39, 0.29) is 10.7 Å². The zero-order chi connectivity index (χ0) is 20.7. The number of methoxy groups -OCH3 is 2. The maximum absolute atomic E-state index is 12.3. The molecule has 0 saturated heterocycles. The Bertz CT molecular complexity index is 1010. The van der Waals surface area contributed by atoms with Gasteiger partial charge in [0.25, 0.3) is 0 Å². The number of rotatable bonds is 8. The van der Waals surface area contributed by atoms with Gasteiger partial charge in [-0.1, -0.05) is 0 Å². The van der Waals surface area contributed by atoms with Gasteiger partial charge in [-0.3, -0.25) is 16.3 Å². The fraction of sp³-hybridized carbons (Fsp3) is 0.111. The van der Waals surface area contributed by atoms with Gasteiger partial charge < -0.3 is 14.8 Å². The number of anilines is 1. The summed E-state index contributed by atoms with van der Waals surface area (Å²) in [6.45, 7) is 0. The third-order valence-corrected chi connectivity index (χ3v) is 4.97. The quantitative estimate of drug-likeness (QED) is 0.200. The van der Waals surface area contributed by atoms with Gasteiger partial charge in [0.05, 0.1) is 14.2 Å². The highest BCUT2D eigenvalue weighted by Gasteiger charge is 2.14. The van der Waals surface area contributed by atoms with Crippen molar-refractivity contribution in [2.45, 2.75) is 4.90 Å². The summed E-state index contributed by atoms with van der Waals surface area (Å²) in [5.41, 5.74) is 11.3. The Hall–Kier alpha value is -3.53. The average Bonchev–Trinajstić information content (AvgIpc) is 2.66. The number of ketones is 1. The van der Waals surface area contributed by atoms with Crippen LogP contribution in [-0.4, -0.2) is 34.4 Å². The molecule has 0 spiro atoms. The van der Waals surface area contributed by atoms with Crippen molar-refractivity contribution in [2.24, 2.45) is 11.5 Å². The normalized spacial score (nSPS) is 11.1. The fourth-order valence-corrected chi connectivity index (χ4v) is 3.17. The molecule has 0 saturated carbocycles. The molecule has 0 aliphatic carbocycles. The van der Waals surface area contributed by atoms with Gasteiger partial charge in [-0.05, 0) is 42.5 Å². The van der Waals surface area contributed by atoms with Crippen molar-refractivity contribution in [3.05, 3.63) is 60.3 Å². The van der Waals surface area contributed by atoms with E-state index in [1.54, 1.807) is 18.2 Å². The summed E-state index contributed by atoms with van der Waals surface area (Å²) >= 11 is 0. The monoisotopic (exact) mass is 405 g/mol. The predicted molar refractivity (Wildman–Crippen MR) is 105 cm³/mol. The molecule has 2 aromatic rings. The average molecular weight is 405 g/mol. The van der Waals surface area contributed by atoms with E-state index in [0.29, 0.717) is 22.7 Å². The van der Waals surface area contributed by atoms with Crippen LogP contribution in [0.2, 0.25) is 0 Å². The second kappa shape index (κ2) is 8.91. The van der Waals surface area contributed by atoms with Gasteiger partial charge in [0.15, 0.2) is 17.3 Å². The molecule has 0 fully saturated rings. The van der Waals surface area contributed by atoms with Crippen molar-refractivity contribution in [3.8, 4) is 11.5 Å². The number of guanidine groups is 1. The van der Waals surface area contributed by atoms with Gasteiger partial charge >= 0.3 is 16.0 Å². The molecule has 0 bridgehead atoms. The molecular formula is C18H21N4O5S+. The van der Waals surface area contributed by atoms with Crippen LogP contribution in [0, 0.1) is 0 Å². The molecule has 2 aromatic carbocycles. The first-order valence-electron chi connectivity index (χ1n) is 7.97. The van der Waals surface area contributed by atoms with Gasteiger partial charge in [-0.25, -0.2) is 0 Å². The van der Waals surface area contributed by atoms with E-state index >= 15 is 0 Å². The summed E-state index contributed by atoms with van der Waals surface area (Å²) in [5, 5.41) is 2.89. The Kier molecular flexibility index (Phi) is 6.61. The van der Waals surface area contributed by atoms with Crippen molar-refractivity contribution in [1.82, 2.24) is 0 Å². The lowest BCUT2D eigenvalue weighted by molar-refractivity contribution is -0.270. The molecule has 6 N–H and O–H groups in total. The van der Waals surface area contributed by atoms with Crippen LogP contribution in [0.25, 0.3) is 0 Å². The van der Waals surface area contributed by atoms with E-state index in [9.17, 15) is 13.2 Å². The standard InChI is InChI=1S/C18H20N4O5S/c1-26-16-8-3-12(11-17(16)27-2)15(23)9-10-21-13-4-6-14(7-5-13)28(24,25)22-18(19)20/h3-11,21H,1-2H3,(H4,19,20,22)/p+1/b10-9+. The molecule has 0 radical (unpaired) electrons. The molecule has 9 nitrogen and oxygen atoms in total. The molecule has 0 unspecified atom stereocenters. The molecule has 0 aliphatic heterocycles. The second-order valence-electron chi connectivity index (χ2n) is 5.50. The number of nitrogens with one attached hydrogen (secondary N) is 2. The van der Waals surface area contributed by atoms with E-state index < -0.39 is 16.0 Å². The third kappa shape index (κ3) is 5.24. The highest BCUT2D eigenvalue weighted by molar-refractivity contribution is 7.84. The Labute approximate surface area is 162 Å². The number of hydrogen-bond acceptors (Lipinski definition) is 6. The Morgan fingerprint density at radius 3 is 2.25 bits per heavy atom. The maximum atomic E-state index is 12.3. The largest absolute Gasteiger partial charge is 0.493 e. The van der Waals surface area contributed by atoms with Crippen LogP contribution in [0.3, 0.4) is 0 Å². The molecule has 0 amide bonds. The van der Waals surface area contributed by atoms with Crippen molar-refractivity contribution in [2.75, 3.05) is 19.5 Å². The number of ether oxygens (including phenoxy) is 2. The van der Waals surface area contributed by atoms with Crippen molar-refractivity contribution in [3.63, 3.8) is 0 Å². The Balaban J connectivity index is 2.07. The highest BCUT2D eigenvalue weighted by Crippen LogP contribution is 2.27. The van der Waals surface area contributed by atoms with Crippen LogP contribution in [0.5, 0.6) is 11.5 Å². The third-order valence-electron chi connectivity index (χ3n) is 3.57. The number of benzene rings is 2. The lowest BCUT2D eigenvalue weighted by atomic mass is 10.1. The minimum atomic E-state index is -3.82. The molecule has 10 heteroatoms. The molecule has 0 atom stereocenters. The van der Waals surface area contributed by atoms with E-state index in [1.807, 2.05) is 4.40 Å². The van der Waals surface area contributed by atoms with Crippen LogP contribution in [-0.2, 0) is 10.0 Å². The number of sulfonamides is 1. The van der Waals surface area contributed by atoms with E-state index in [0.717, 1.165) is 0 Å². The number of carbonyl (C=O) groups excluding carboxylic acids is 1. The van der Waals surface area contributed by atoms with Crippen molar-refractivity contribution < 1.29 is 27.1 Å². The van der Waals surface area contributed by atoms with Crippen LogP contribution in [0.1, 0.15) is 10.4 Å². The molecular weight excluding hydrogens is 384 g/mol. The van der Waals surface area contributed by atoms with Gasteiger partial charge in [0.1, 0.15) is 4.90 Å². The maximum Gasteiger partial charge on any atom is 0.353 e. The Morgan fingerprint density at radius 2 is 1.68 bits per heavy atom. The minimum Gasteiger partial charge on any atom is -0.493 e. The zero-order valence-electron chi connectivity index (χ0n) is 15.3. The molecule has 0 aromatic heterocycles. The van der Waals surface area contributed by atoms with Gasteiger partial charge in [0, 0.05) is 23.5 Å². The van der Waals surface area contributed by atoms with E-state index in [2.05, 4.69) is 5.32 Å². The van der Waals surface area contributed by atoms with Crippen molar-refractivity contribution in [1.29, 1.82) is 0 Å². The Morgan fingerprint density at radius 1 is 1.04 bits per heavy atom. The molecule has 0 heterocycles. The molecule has 0 aliphatic rings. The molecule has 28 heavy (non-hydrogen) atoms. The van der Waals surface area contributed by atoms with Crippen LogP contribution in [0.15, 0.2) is 59.6 Å². The number of hydrogen-bond donors (Lipinski definition) is 4. The smallest absolute Gasteiger partial charge is 0.353 e. The fourth-order valence-electron chi connectivity index (χ4n) is 2.24.